The highest BCUT2D eigenvalue weighted by Crippen LogP contribution is 2.32. The number of halogens is 1. The quantitative estimate of drug-likeness (QED) is 0.479. The highest BCUT2D eigenvalue weighted by Gasteiger charge is 2.40. The summed E-state index contributed by atoms with van der Waals surface area (Å²) >= 11 is 0. The summed E-state index contributed by atoms with van der Waals surface area (Å²) in [6.07, 6.45) is 6.85. The topological polar surface area (TPSA) is 79.8 Å². The van der Waals surface area contributed by atoms with E-state index < -0.39 is 5.82 Å². The second-order valence-corrected chi connectivity index (χ2v) is 11.2. The molecule has 1 aliphatic heterocycles. The van der Waals surface area contributed by atoms with Crippen LogP contribution in [0.1, 0.15) is 62.3 Å². The molecule has 0 saturated carbocycles. The summed E-state index contributed by atoms with van der Waals surface area (Å²) in [5.74, 6) is -0.716. The van der Waals surface area contributed by atoms with Crippen LogP contribution >= 0.6 is 0 Å². The summed E-state index contributed by atoms with van der Waals surface area (Å²) in [4.78, 5) is 24.0. The molecule has 4 aromatic heterocycles. The van der Waals surface area contributed by atoms with E-state index >= 15 is 4.39 Å². The van der Waals surface area contributed by atoms with Gasteiger partial charge in [-0.2, -0.15) is 5.10 Å². The van der Waals surface area contributed by atoms with Gasteiger partial charge in [-0.25, -0.2) is 18.9 Å². The van der Waals surface area contributed by atoms with E-state index in [1.165, 1.54) is 6.07 Å². The van der Waals surface area contributed by atoms with Crippen molar-refractivity contribution in [3.63, 3.8) is 0 Å². The van der Waals surface area contributed by atoms with Crippen LogP contribution in [0.4, 0.5) is 4.39 Å². The predicted molar refractivity (Wildman–Crippen MR) is 133 cm³/mol. The van der Waals surface area contributed by atoms with Crippen molar-refractivity contribution < 1.29 is 9.18 Å². The van der Waals surface area contributed by atoms with E-state index in [0.717, 1.165) is 29.7 Å². The number of fused-ring (bicyclic) bond motifs is 2. The first-order valence-corrected chi connectivity index (χ1v) is 11.9. The third kappa shape index (κ3) is 4.29. The number of nitrogens with zero attached hydrogens (tertiary/aromatic N) is 6. The molecule has 9 heteroatoms. The zero-order valence-electron chi connectivity index (χ0n) is 21.3. The lowest BCUT2D eigenvalue weighted by Gasteiger charge is -2.48. The molecule has 5 rings (SSSR count). The van der Waals surface area contributed by atoms with Gasteiger partial charge in [0, 0.05) is 42.1 Å². The highest BCUT2D eigenvalue weighted by atomic mass is 19.1. The molecule has 0 radical (unpaired) electrons. The second-order valence-electron chi connectivity index (χ2n) is 11.2. The maximum Gasteiger partial charge on any atom is 0.274 e. The van der Waals surface area contributed by atoms with Gasteiger partial charge >= 0.3 is 0 Å². The Balaban J connectivity index is 1.48. The van der Waals surface area contributed by atoms with Crippen LogP contribution in [0.2, 0.25) is 0 Å². The minimum absolute atomic E-state index is 0.0523. The summed E-state index contributed by atoms with van der Waals surface area (Å²) in [5.41, 5.74) is 3.94. The van der Waals surface area contributed by atoms with Crippen LogP contribution in [-0.2, 0) is 0 Å². The molecule has 0 atom stereocenters. The van der Waals surface area contributed by atoms with E-state index in [9.17, 15) is 4.79 Å². The predicted octanol–water partition coefficient (Wildman–Crippen LogP) is 4.18. The van der Waals surface area contributed by atoms with Crippen molar-refractivity contribution in [1.29, 1.82) is 0 Å². The number of amides is 1. The number of hydrogen-bond donors (Lipinski definition) is 1. The van der Waals surface area contributed by atoms with Crippen molar-refractivity contribution in [1.82, 2.24) is 34.2 Å². The average Bonchev–Trinajstić information content (AvgIpc) is 3.34. The van der Waals surface area contributed by atoms with Crippen molar-refractivity contribution in [3.8, 4) is 11.3 Å². The zero-order valence-corrected chi connectivity index (χ0v) is 21.3. The number of rotatable bonds is 3. The molecule has 1 saturated heterocycles. The van der Waals surface area contributed by atoms with Gasteiger partial charge in [0.25, 0.3) is 5.91 Å². The van der Waals surface area contributed by atoms with Crippen LogP contribution in [0.3, 0.4) is 0 Å². The Bertz CT molecular complexity index is 1450. The molecule has 0 aromatic carbocycles. The van der Waals surface area contributed by atoms with Crippen molar-refractivity contribution in [3.05, 3.63) is 53.5 Å². The molecular weight excluding hydrogens is 445 g/mol. The van der Waals surface area contributed by atoms with E-state index in [1.807, 2.05) is 33.2 Å². The Kier molecular flexibility index (Phi) is 5.25. The van der Waals surface area contributed by atoms with E-state index in [4.69, 9.17) is 0 Å². The zero-order chi connectivity index (χ0) is 25.3. The summed E-state index contributed by atoms with van der Waals surface area (Å²) < 4.78 is 18.4. The molecule has 0 bridgehead atoms. The first kappa shape index (κ1) is 23.4. The summed E-state index contributed by atoms with van der Waals surface area (Å²) in [5, 5.41) is 8.25. The van der Waals surface area contributed by atoms with E-state index in [2.05, 4.69) is 48.1 Å². The molecule has 1 fully saturated rings. The molecule has 184 valence electrons. The molecule has 0 aliphatic carbocycles. The van der Waals surface area contributed by atoms with Gasteiger partial charge in [-0.3, -0.25) is 4.79 Å². The average molecular weight is 478 g/mol. The minimum Gasteiger partial charge on any atom is -0.337 e. The number of hydrogen-bond acceptors (Lipinski definition) is 5. The summed E-state index contributed by atoms with van der Waals surface area (Å²) in [7, 11) is 1.81. The molecule has 1 aliphatic rings. The van der Waals surface area contributed by atoms with Crippen LogP contribution in [0, 0.1) is 19.7 Å². The van der Waals surface area contributed by atoms with Gasteiger partial charge in [0.05, 0.1) is 17.6 Å². The minimum atomic E-state index is -0.505. The van der Waals surface area contributed by atoms with Crippen LogP contribution < -0.4 is 5.32 Å². The number of nitrogens with one attached hydrogen (secondary N) is 1. The Morgan fingerprint density at radius 3 is 2.43 bits per heavy atom. The van der Waals surface area contributed by atoms with E-state index in [0.29, 0.717) is 11.3 Å². The summed E-state index contributed by atoms with van der Waals surface area (Å²) in [6.45, 7) is 12.5. The third-order valence-corrected chi connectivity index (χ3v) is 6.79. The van der Waals surface area contributed by atoms with Crippen molar-refractivity contribution >= 4 is 17.2 Å². The smallest absolute Gasteiger partial charge is 0.274 e. The van der Waals surface area contributed by atoms with Crippen molar-refractivity contribution in [2.45, 2.75) is 71.5 Å². The van der Waals surface area contributed by atoms with Gasteiger partial charge in [-0.05, 0) is 72.1 Å². The Morgan fingerprint density at radius 2 is 1.74 bits per heavy atom. The standard InChI is InChI=1S/C26H32FN7O/c1-15-8-20(30-34-12-16(2)28-22(15)34)17-9-19(27)23-29-21(14-33(23)13-17)24(35)32(7)18-10-25(3,4)31-26(5,6)11-18/h8-9,12-14,18,31H,10-11H2,1-7H3. The fraction of sp³-hybridized carbons (Fsp3) is 0.462. The number of carbonyl (C=O) groups is 1. The first-order valence-electron chi connectivity index (χ1n) is 11.9. The Labute approximate surface area is 204 Å². The normalized spacial score (nSPS) is 17.8. The SMILES string of the molecule is Cc1cn2nc(-c3cc(F)c4nc(C(=O)N(C)C5CC(C)(C)NC(C)(C)C5)cn4c3)cc(C)c2n1. The fourth-order valence-corrected chi connectivity index (χ4v) is 5.57. The van der Waals surface area contributed by atoms with Crippen molar-refractivity contribution in [2.24, 2.45) is 0 Å². The number of aryl methyl sites for hydroxylation is 2. The summed E-state index contributed by atoms with van der Waals surface area (Å²) in [6, 6.07) is 3.35. The van der Waals surface area contributed by atoms with Gasteiger partial charge in [0.15, 0.2) is 17.1 Å². The van der Waals surface area contributed by atoms with E-state index in [-0.39, 0.29) is 34.4 Å². The molecule has 8 nitrogen and oxygen atoms in total. The molecule has 1 N–H and O–H groups in total. The Morgan fingerprint density at radius 1 is 1.06 bits per heavy atom. The van der Waals surface area contributed by atoms with Crippen molar-refractivity contribution in [2.75, 3.05) is 7.05 Å². The molecule has 1 amide bonds. The van der Waals surface area contributed by atoms with Crippen LogP contribution in [0.5, 0.6) is 0 Å². The third-order valence-electron chi connectivity index (χ3n) is 6.79. The number of aromatic nitrogens is 5. The maximum absolute atomic E-state index is 15.1. The van der Waals surface area contributed by atoms with Gasteiger partial charge in [0.1, 0.15) is 5.69 Å². The molecule has 0 spiro atoms. The van der Waals surface area contributed by atoms with Gasteiger partial charge in [-0.15, -0.1) is 0 Å². The highest BCUT2D eigenvalue weighted by molar-refractivity contribution is 5.93. The monoisotopic (exact) mass is 477 g/mol. The van der Waals surface area contributed by atoms with Crippen LogP contribution in [0.15, 0.2) is 30.7 Å². The van der Waals surface area contributed by atoms with E-state index in [1.54, 1.807) is 26.2 Å². The maximum atomic E-state index is 15.1. The lowest BCUT2D eigenvalue weighted by Crippen LogP contribution is -2.62. The lowest BCUT2D eigenvalue weighted by molar-refractivity contribution is 0.0524. The Hall–Kier alpha value is -3.33. The van der Waals surface area contributed by atoms with Gasteiger partial charge in [0.2, 0.25) is 0 Å². The largest absolute Gasteiger partial charge is 0.337 e. The number of imidazole rings is 2. The lowest BCUT2D eigenvalue weighted by atomic mass is 9.79. The molecule has 5 heterocycles. The first-order chi connectivity index (χ1) is 16.3. The molecule has 35 heavy (non-hydrogen) atoms. The number of carbonyl (C=O) groups excluding carboxylic acids is 1. The van der Waals surface area contributed by atoms with Crippen LogP contribution in [-0.4, -0.2) is 59.0 Å². The second kappa shape index (κ2) is 7.84. The number of piperidine rings is 1. The fourth-order valence-electron chi connectivity index (χ4n) is 5.57. The van der Waals surface area contributed by atoms with Crippen LogP contribution in [0.25, 0.3) is 22.6 Å². The molecular formula is C26H32FN7O. The van der Waals surface area contributed by atoms with Gasteiger partial charge in [-0.1, -0.05) is 0 Å². The van der Waals surface area contributed by atoms with Gasteiger partial charge < -0.3 is 14.6 Å². The number of pyridine rings is 1. The molecule has 4 aromatic rings. The molecule has 0 unspecified atom stereocenters.